The van der Waals surface area contributed by atoms with Crippen LogP contribution in [0.1, 0.15) is 70.1 Å². The van der Waals surface area contributed by atoms with Crippen molar-refractivity contribution in [3.8, 4) is 22.4 Å². The average molecular weight is 552 g/mol. The lowest BCUT2D eigenvalue weighted by Crippen LogP contribution is -1.90. The van der Waals surface area contributed by atoms with Gasteiger partial charge in [0.05, 0.1) is 11.2 Å². The molecule has 0 radical (unpaired) electrons. The van der Waals surface area contributed by atoms with E-state index in [1.54, 1.807) is 0 Å². The van der Waals surface area contributed by atoms with Gasteiger partial charge in [-0.25, -0.2) is 4.98 Å². The first kappa shape index (κ1) is 30.7. The maximum atomic E-state index is 5.01. The van der Waals surface area contributed by atoms with Gasteiger partial charge >= 0.3 is 0 Å². The van der Waals surface area contributed by atoms with Crippen LogP contribution in [0.5, 0.6) is 0 Å². The van der Waals surface area contributed by atoms with Crippen molar-refractivity contribution < 1.29 is 0 Å². The lowest BCUT2D eigenvalue weighted by molar-refractivity contribution is 0.640. The molecule has 0 saturated heterocycles. The molecule has 4 aromatic carbocycles. The highest BCUT2D eigenvalue weighted by Crippen LogP contribution is 2.28. The second-order valence-corrected chi connectivity index (χ2v) is 10.7. The van der Waals surface area contributed by atoms with E-state index in [0.29, 0.717) is 0 Å². The number of benzene rings is 4. The number of aromatic nitrogens is 1. The predicted molar refractivity (Wildman–Crippen MR) is 185 cm³/mol. The number of hydrogen-bond acceptors (Lipinski definition) is 1. The van der Waals surface area contributed by atoms with Crippen LogP contribution in [0.3, 0.4) is 0 Å². The van der Waals surface area contributed by atoms with E-state index in [2.05, 4.69) is 134 Å². The molecular formula is C41H45N. The standard InChI is InChI=1S/C39H39N.C2H6/c1-3-4-14-30(2)33-23-25-39-37(28-33)24-26-38(40-39)36-22-13-21-35(29-36)34-20-12-19-32(27-34)18-9-6-5-8-15-31-16-10-7-11-17-31;1-2/h3-4,7,10-14,16-17,19-29H,5-6,8-9,15,18H2,1-2H3;1-2H3/b4-3-,30-14+;. The molecule has 0 aliphatic carbocycles. The predicted octanol–water partition coefficient (Wildman–Crippen LogP) is 11.9. The summed E-state index contributed by atoms with van der Waals surface area (Å²) in [5.74, 6) is 0. The molecule has 5 aromatic rings. The molecular weight excluding hydrogens is 506 g/mol. The van der Waals surface area contributed by atoms with E-state index < -0.39 is 0 Å². The SMILES string of the molecule is C/C=C\C=C(/C)c1ccc2nc(-c3cccc(-c4cccc(CCCCCCc5ccccc5)c4)c3)ccc2c1.CC. The molecule has 1 nitrogen and oxygen atoms in total. The number of nitrogens with zero attached hydrogens (tertiary/aromatic N) is 1. The summed E-state index contributed by atoms with van der Waals surface area (Å²) >= 11 is 0. The van der Waals surface area contributed by atoms with Gasteiger partial charge in [-0.2, -0.15) is 0 Å². The van der Waals surface area contributed by atoms with Crippen LogP contribution in [0.4, 0.5) is 0 Å². The number of allylic oxidation sites excluding steroid dienone is 4. The Bertz CT molecular complexity index is 1610. The van der Waals surface area contributed by atoms with Gasteiger partial charge < -0.3 is 0 Å². The molecule has 0 N–H and O–H groups in total. The molecule has 1 heterocycles. The summed E-state index contributed by atoms with van der Waals surface area (Å²) in [4.78, 5) is 5.01. The molecule has 0 unspecified atom stereocenters. The molecule has 1 aromatic heterocycles. The van der Waals surface area contributed by atoms with Gasteiger partial charge in [-0.15, -0.1) is 0 Å². The van der Waals surface area contributed by atoms with Crippen LogP contribution in [0.2, 0.25) is 0 Å². The Morgan fingerprint density at radius 1 is 0.619 bits per heavy atom. The summed E-state index contributed by atoms with van der Waals surface area (Å²) in [6.45, 7) is 8.19. The molecule has 5 rings (SSSR count). The van der Waals surface area contributed by atoms with Crippen LogP contribution in [0.25, 0.3) is 38.9 Å². The van der Waals surface area contributed by atoms with E-state index in [0.717, 1.165) is 23.2 Å². The molecule has 0 aliphatic heterocycles. The smallest absolute Gasteiger partial charge is 0.0709 e. The van der Waals surface area contributed by atoms with Crippen molar-refractivity contribution in [2.75, 3.05) is 0 Å². The van der Waals surface area contributed by atoms with Crippen LogP contribution in [-0.2, 0) is 12.8 Å². The van der Waals surface area contributed by atoms with Crippen molar-refractivity contribution in [2.45, 2.75) is 66.2 Å². The normalized spacial score (nSPS) is 11.5. The molecule has 0 saturated carbocycles. The Balaban J connectivity index is 0.00000198. The van der Waals surface area contributed by atoms with Crippen molar-refractivity contribution in [1.82, 2.24) is 4.98 Å². The van der Waals surface area contributed by atoms with E-state index in [1.807, 2.05) is 20.8 Å². The van der Waals surface area contributed by atoms with Gasteiger partial charge in [-0.1, -0.05) is 130 Å². The van der Waals surface area contributed by atoms with Gasteiger partial charge in [-0.05, 0) is 97.2 Å². The van der Waals surface area contributed by atoms with Gasteiger partial charge in [0.2, 0.25) is 0 Å². The molecule has 0 fully saturated rings. The van der Waals surface area contributed by atoms with Crippen molar-refractivity contribution in [3.63, 3.8) is 0 Å². The molecule has 0 aliphatic rings. The number of aryl methyl sites for hydroxylation is 2. The third kappa shape index (κ3) is 8.63. The lowest BCUT2D eigenvalue weighted by Gasteiger charge is -2.09. The second kappa shape index (κ2) is 16.3. The third-order valence-electron chi connectivity index (χ3n) is 7.63. The van der Waals surface area contributed by atoms with Crippen LogP contribution in [0.15, 0.2) is 127 Å². The molecule has 42 heavy (non-hydrogen) atoms. The van der Waals surface area contributed by atoms with Crippen molar-refractivity contribution >= 4 is 16.5 Å². The number of unbranched alkanes of at least 4 members (excludes halogenated alkanes) is 3. The Morgan fingerprint density at radius 2 is 1.29 bits per heavy atom. The van der Waals surface area contributed by atoms with Gasteiger partial charge in [0.25, 0.3) is 0 Å². The minimum Gasteiger partial charge on any atom is -0.248 e. The highest BCUT2D eigenvalue weighted by atomic mass is 14.7. The van der Waals surface area contributed by atoms with E-state index >= 15 is 0 Å². The third-order valence-corrected chi connectivity index (χ3v) is 7.63. The molecule has 0 amide bonds. The first-order valence-electron chi connectivity index (χ1n) is 15.6. The molecule has 0 spiro atoms. The summed E-state index contributed by atoms with van der Waals surface area (Å²) in [6, 6.07) is 39.5. The van der Waals surface area contributed by atoms with Crippen LogP contribution in [-0.4, -0.2) is 4.98 Å². The maximum absolute atomic E-state index is 5.01. The fourth-order valence-electron chi connectivity index (χ4n) is 5.29. The monoisotopic (exact) mass is 551 g/mol. The zero-order chi connectivity index (χ0) is 29.6. The first-order valence-corrected chi connectivity index (χ1v) is 15.6. The zero-order valence-electron chi connectivity index (χ0n) is 25.8. The van der Waals surface area contributed by atoms with Gasteiger partial charge in [0, 0.05) is 10.9 Å². The molecule has 0 atom stereocenters. The van der Waals surface area contributed by atoms with Crippen LogP contribution >= 0.6 is 0 Å². The Morgan fingerprint density at radius 3 is 2.05 bits per heavy atom. The summed E-state index contributed by atoms with van der Waals surface area (Å²) in [6.07, 6.45) is 13.7. The van der Waals surface area contributed by atoms with E-state index in [4.69, 9.17) is 4.98 Å². The van der Waals surface area contributed by atoms with Gasteiger partial charge in [0.15, 0.2) is 0 Å². The molecule has 0 bridgehead atoms. The Kier molecular flexibility index (Phi) is 11.9. The first-order chi connectivity index (χ1) is 20.7. The van der Waals surface area contributed by atoms with Crippen molar-refractivity contribution in [1.29, 1.82) is 0 Å². The van der Waals surface area contributed by atoms with Gasteiger partial charge in [0.1, 0.15) is 0 Å². The lowest BCUT2D eigenvalue weighted by atomic mass is 9.97. The minimum atomic E-state index is 1.01. The molecule has 214 valence electrons. The quantitative estimate of drug-likeness (QED) is 0.117. The fraction of sp³-hybridized carbons (Fsp3) is 0.244. The van der Waals surface area contributed by atoms with Crippen LogP contribution < -0.4 is 0 Å². The molecule has 1 heteroatoms. The highest BCUT2D eigenvalue weighted by molar-refractivity contribution is 5.86. The summed E-state index contributed by atoms with van der Waals surface area (Å²) in [5.41, 5.74) is 11.1. The number of hydrogen-bond donors (Lipinski definition) is 0. The van der Waals surface area contributed by atoms with Crippen molar-refractivity contribution in [2.24, 2.45) is 0 Å². The Labute approximate surface area is 253 Å². The summed E-state index contributed by atoms with van der Waals surface area (Å²) in [7, 11) is 0. The topological polar surface area (TPSA) is 12.9 Å². The summed E-state index contributed by atoms with van der Waals surface area (Å²) < 4.78 is 0. The van der Waals surface area contributed by atoms with E-state index in [-0.39, 0.29) is 0 Å². The second-order valence-electron chi connectivity index (χ2n) is 10.7. The van der Waals surface area contributed by atoms with Gasteiger partial charge in [-0.3, -0.25) is 0 Å². The summed E-state index contributed by atoms with van der Waals surface area (Å²) in [5, 5.41) is 1.17. The number of fused-ring (bicyclic) bond motifs is 1. The largest absolute Gasteiger partial charge is 0.248 e. The number of pyridine rings is 1. The van der Waals surface area contributed by atoms with Crippen LogP contribution in [0, 0.1) is 0 Å². The van der Waals surface area contributed by atoms with Crippen molar-refractivity contribution in [3.05, 3.63) is 144 Å². The zero-order valence-corrected chi connectivity index (χ0v) is 25.8. The average Bonchev–Trinajstić information content (AvgIpc) is 3.06. The van der Waals surface area contributed by atoms with E-state index in [9.17, 15) is 0 Å². The highest BCUT2D eigenvalue weighted by Gasteiger charge is 2.07. The number of rotatable bonds is 11. The fourth-order valence-corrected chi connectivity index (χ4v) is 5.29. The van der Waals surface area contributed by atoms with E-state index in [1.165, 1.54) is 70.9 Å². The Hall–Kier alpha value is -4.23. The maximum Gasteiger partial charge on any atom is 0.0709 e. The minimum absolute atomic E-state index is 1.01.